The number of nitrogens with zero attached hydrogens (tertiary/aromatic N) is 3. The first-order valence-electron chi connectivity index (χ1n) is 12.3. The van der Waals surface area contributed by atoms with Crippen molar-refractivity contribution in [3.05, 3.63) is 96.9 Å². The molecule has 0 atom stereocenters. The minimum Gasteiger partial charge on any atom is -0.403 e. The van der Waals surface area contributed by atoms with E-state index in [0.29, 0.717) is 28.8 Å². The number of hydrogen-bond acceptors (Lipinski definition) is 7. The van der Waals surface area contributed by atoms with E-state index >= 15 is 0 Å². The molecule has 5 N–H and O–H groups in total. The van der Waals surface area contributed by atoms with E-state index in [2.05, 4.69) is 56.2 Å². The van der Waals surface area contributed by atoms with Crippen LogP contribution in [0.1, 0.15) is 31.2 Å². The number of allylic oxidation sites excluding steroid dienone is 2. The third kappa shape index (κ3) is 9.26. The van der Waals surface area contributed by atoms with Gasteiger partial charge in [0.2, 0.25) is 5.95 Å². The second-order valence-electron chi connectivity index (χ2n) is 8.94. The fourth-order valence-corrected chi connectivity index (χ4v) is 3.55. The molecule has 3 aromatic rings. The normalized spacial score (nSPS) is 13.3. The van der Waals surface area contributed by atoms with Gasteiger partial charge < -0.3 is 21.7 Å². The van der Waals surface area contributed by atoms with Crippen LogP contribution in [0.2, 0.25) is 0 Å². The zero-order valence-electron chi connectivity index (χ0n) is 22.2. The van der Waals surface area contributed by atoms with Gasteiger partial charge in [-0.2, -0.15) is 18.2 Å². The van der Waals surface area contributed by atoms with Crippen molar-refractivity contribution >= 4 is 29.4 Å². The van der Waals surface area contributed by atoms with E-state index < -0.39 is 12.0 Å². The monoisotopic (exact) mass is 553 g/mol. The summed E-state index contributed by atoms with van der Waals surface area (Å²) in [4.78, 5) is 13.0. The van der Waals surface area contributed by atoms with E-state index in [4.69, 9.17) is 5.73 Å². The van der Waals surface area contributed by atoms with E-state index in [1.54, 1.807) is 37.7 Å². The van der Waals surface area contributed by atoms with Gasteiger partial charge in [0.25, 0.3) is 0 Å². The molecule has 2 aromatic carbocycles. The van der Waals surface area contributed by atoms with Crippen LogP contribution in [-0.4, -0.2) is 29.4 Å². The quantitative estimate of drug-likeness (QED) is 0.118. The number of benzene rings is 2. The Hall–Kier alpha value is -4.67. The number of rotatable bonds is 10. The lowest BCUT2D eigenvalue weighted by atomic mass is 10.0. The number of aromatic nitrogens is 2. The van der Waals surface area contributed by atoms with E-state index in [-0.39, 0.29) is 18.6 Å². The van der Waals surface area contributed by atoms with Gasteiger partial charge in [-0.1, -0.05) is 37.4 Å². The smallest absolute Gasteiger partial charge is 0.386 e. The molecule has 0 spiro atoms. The van der Waals surface area contributed by atoms with Crippen molar-refractivity contribution < 1.29 is 17.6 Å². The number of nitrogens with one attached hydrogen (secondary N) is 3. The minimum absolute atomic E-state index is 0.188. The molecule has 0 amide bonds. The fourth-order valence-electron chi connectivity index (χ4n) is 3.55. The van der Waals surface area contributed by atoms with Crippen LogP contribution >= 0.6 is 0 Å². The molecule has 0 aliphatic heterocycles. The van der Waals surface area contributed by atoms with Crippen molar-refractivity contribution in [2.45, 2.75) is 31.9 Å². The summed E-state index contributed by atoms with van der Waals surface area (Å²) in [5.41, 5.74) is 10.7. The number of aliphatic imine (C=N–C) groups is 1. The van der Waals surface area contributed by atoms with Crippen LogP contribution in [0, 0.1) is 5.82 Å². The molecule has 1 aliphatic rings. The van der Waals surface area contributed by atoms with Gasteiger partial charge >= 0.3 is 6.18 Å². The average molecular weight is 554 g/mol. The van der Waals surface area contributed by atoms with Gasteiger partial charge in [0.05, 0.1) is 11.4 Å². The van der Waals surface area contributed by atoms with Gasteiger partial charge in [-0.05, 0) is 54.2 Å². The number of hydrogen-bond donors (Lipinski definition) is 4. The highest BCUT2D eigenvalue weighted by atomic mass is 19.4. The molecule has 1 saturated carbocycles. The topological polar surface area (TPSA) is 100 Å². The van der Waals surface area contributed by atoms with Crippen LogP contribution in [0.3, 0.4) is 0 Å². The van der Waals surface area contributed by atoms with Crippen molar-refractivity contribution in [2.75, 3.05) is 23.0 Å². The van der Waals surface area contributed by atoms with Crippen molar-refractivity contribution in [2.24, 2.45) is 10.7 Å². The molecule has 0 unspecified atom stereocenters. The molecule has 7 nitrogen and oxygen atoms in total. The van der Waals surface area contributed by atoms with Crippen LogP contribution < -0.4 is 21.7 Å². The highest BCUT2D eigenvalue weighted by Crippen LogP contribution is 2.41. The van der Waals surface area contributed by atoms with Crippen LogP contribution in [0.25, 0.3) is 11.1 Å². The third-order valence-electron chi connectivity index (χ3n) is 5.53. The maximum absolute atomic E-state index is 14.8. The number of alkyl halides is 3. The molecular weight excluding hydrogens is 522 g/mol. The van der Waals surface area contributed by atoms with Crippen molar-refractivity contribution in [1.29, 1.82) is 0 Å². The Morgan fingerprint density at radius 3 is 2.38 bits per heavy atom. The first kappa shape index (κ1) is 29.9. The highest BCUT2D eigenvalue weighted by molar-refractivity contribution is 5.83. The summed E-state index contributed by atoms with van der Waals surface area (Å²) in [7, 11) is 1.64. The van der Waals surface area contributed by atoms with E-state index in [0.717, 1.165) is 11.1 Å². The van der Waals surface area contributed by atoms with Gasteiger partial charge in [0.15, 0.2) is 0 Å². The standard InChI is InChI=1S/C27H28FN7.C2H3F3/c1-4-17(2)32-21-11-12-24(28)25(13-21)34-26-23(20-9-7-19(8-10-20)18-5-6-18)16-31-27(35-26)33-22(14-29)15-30-3;1-2(3,4)5/h4,7-16,18,32H,1-2,5-6,29H2,3H3,(H2,31,33,34,35);1H3/b22-14+,30-15?;. The molecule has 4 rings (SSSR count). The molecule has 11 heteroatoms. The number of nitrogens with two attached hydrogens (primary N) is 1. The maximum Gasteiger partial charge on any atom is 0.386 e. The van der Waals surface area contributed by atoms with Crippen LogP contribution in [0.15, 0.2) is 90.5 Å². The van der Waals surface area contributed by atoms with Crippen LogP contribution in [-0.2, 0) is 0 Å². The first-order valence-corrected chi connectivity index (χ1v) is 12.3. The van der Waals surface area contributed by atoms with Crippen LogP contribution in [0.5, 0.6) is 0 Å². The molecule has 1 heterocycles. The van der Waals surface area contributed by atoms with Gasteiger partial charge in [0, 0.05) is 49.5 Å². The molecule has 0 radical (unpaired) electrons. The Kier molecular flexibility index (Phi) is 10.0. The molecule has 0 bridgehead atoms. The van der Waals surface area contributed by atoms with Crippen molar-refractivity contribution in [1.82, 2.24) is 9.97 Å². The van der Waals surface area contributed by atoms with Gasteiger partial charge in [-0.3, -0.25) is 4.99 Å². The van der Waals surface area contributed by atoms with E-state index in [1.807, 2.05) is 12.1 Å². The lowest BCUT2D eigenvalue weighted by molar-refractivity contribution is -0.110. The highest BCUT2D eigenvalue weighted by Gasteiger charge is 2.23. The lowest BCUT2D eigenvalue weighted by Gasteiger charge is -2.15. The summed E-state index contributed by atoms with van der Waals surface area (Å²) in [5, 5.41) is 9.23. The summed E-state index contributed by atoms with van der Waals surface area (Å²) in [6.45, 7) is 7.72. The van der Waals surface area contributed by atoms with E-state index in [9.17, 15) is 17.6 Å². The molecule has 1 fully saturated rings. The third-order valence-corrected chi connectivity index (χ3v) is 5.53. The van der Waals surface area contributed by atoms with Crippen LogP contribution in [0.4, 0.5) is 40.7 Å². The summed E-state index contributed by atoms with van der Waals surface area (Å²) in [5.74, 6) is 0.951. The summed E-state index contributed by atoms with van der Waals surface area (Å²) >= 11 is 0. The first-order chi connectivity index (χ1) is 19.0. The maximum atomic E-state index is 14.8. The molecule has 40 heavy (non-hydrogen) atoms. The summed E-state index contributed by atoms with van der Waals surface area (Å²) in [6, 6.07) is 13.0. The molecule has 210 valence electrons. The predicted octanol–water partition coefficient (Wildman–Crippen LogP) is 7.50. The van der Waals surface area contributed by atoms with Crippen molar-refractivity contribution in [3.63, 3.8) is 0 Å². The zero-order valence-corrected chi connectivity index (χ0v) is 22.2. The average Bonchev–Trinajstić information content (AvgIpc) is 3.75. The largest absolute Gasteiger partial charge is 0.403 e. The second-order valence-corrected chi connectivity index (χ2v) is 8.94. The summed E-state index contributed by atoms with van der Waals surface area (Å²) < 4.78 is 45.9. The summed E-state index contributed by atoms with van der Waals surface area (Å²) in [6.07, 6.45) is 4.67. The second kappa shape index (κ2) is 13.4. The molecule has 1 aliphatic carbocycles. The Balaban J connectivity index is 0.000000810. The van der Waals surface area contributed by atoms with Crippen molar-refractivity contribution in [3.8, 4) is 11.1 Å². The Bertz CT molecular complexity index is 1390. The molecular formula is C29H31F4N7. The number of anilines is 4. The van der Waals surface area contributed by atoms with E-state index in [1.165, 1.54) is 30.7 Å². The fraction of sp³-hybridized carbons (Fsp3) is 0.207. The van der Waals surface area contributed by atoms with Gasteiger partial charge in [-0.25, -0.2) is 9.37 Å². The lowest BCUT2D eigenvalue weighted by Crippen LogP contribution is -2.09. The Labute approximate surface area is 230 Å². The minimum atomic E-state index is -4.00. The Morgan fingerprint density at radius 1 is 1.12 bits per heavy atom. The molecule has 1 aromatic heterocycles. The van der Waals surface area contributed by atoms with Gasteiger partial charge in [0.1, 0.15) is 11.6 Å². The molecule has 0 saturated heterocycles. The predicted molar refractivity (Wildman–Crippen MR) is 154 cm³/mol. The van der Waals surface area contributed by atoms with Gasteiger partial charge in [-0.15, -0.1) is 0 Å². The Morgan fingerprint density at radius 2 is 1.80 bits per heavy atom. The number of halogens is 4. The zero-order chi connectivity index (χ0) is 29.3. The SMILES string of the molecule is C=CC(=C)Nc1ccc(F)c(Nc2nc(N/C(C=NC)=C/N)ncc2-c2ccc(C3CC3)cc2)c1.CC(F)(F)F.